The lowest BCUT2D eigenvalue weighted by atomic mass is 9.83. The van der Waals surface area contributed by atoms with Crippen LogP contribution >= 0.6 is 34.9 Å². The Morgan fingerprint density at radius 3 is 2.31 bits per heavy atom. The van der Waals surface area contributed by atoms with Gasteiger partial charge in [-0.15, -0.1) is 22.7 Å². The normalized spacial score (nSPS) is 14.1. The molecule has 6 heteroatoms. The molecule has 1 aromatic carbocycles. The highest BCUT2D eigenvalue weighted by molar-refractivity contribution is 7.78. The van der Waals surface area contributed by atoms with Crippen molar-refractivity contribution in [2.75, 3.05) is 0 Å². The third-order valence-electron chi connectivity index (χ3n) is 4.68. The van der Waals surface area contributed by atoms with Crippen LogP contribution in [0.25, 0.3) is 20.2 Å². The van der Waals surface area contributed by atoms with E-state index in [1.54, 1.807) is 0 Å². The Bertz CT molecular complexity index is 971. The summed E-state index contributed by atoms with van der Waals surface area (Å²) in [6.07, 6.45) is 5.22. The molecule has 0 aliphatic heterocycles. The Kier molecular flexibility index (Phi) is 5.09. The van der Waals surface area contributed by atoms with Crippen LogP contribution in [0.3, 0.4) is 0 Å². The van der Waals surface area contributed by atoms with Gasteiger partial charge in [0.1, 0.15) is 5.69 Å². The minimum absolute atomic E-state index is 0.389. The minimum atomic E-state index is -0.730. The van der Waals surface area contributed by atoms with Crippen molar-refractivity contribution in [2.24, 2.45) is 10.9 Å². The third kappa shape index (κ3) is 3.55. The summed E-state index contributed by atoms with van der Waals surface area (Å²) in [5.74, 6) is -0.614. The van der Waals surface area contributed by atoms with Crippen molar-refractivity contribution in [2.45, 2.75) is 25.7 Å². The van der Waals surface area contributed by atoms with Crippen LogP contribution in [0.15, 0.2) is 41.4 Å². The molecule has 1 saturated carbocycles. The average Bonchev–Trinajstić information content (AvgIpc) is 3.23. The van der Waals surface area contributed by atoms with Crippen molar-refractivity contribution in [3.63, 3.8) is 0 Å². The molecule has 1 nitrogen and oxygen atoms in total. The van der Waals surface area contributed by atoms with Gasteiger partial charge in [-0.2, -0.15) is 4.99 Å². The molecule has 0 bridgehead atoms. The van der Waals surface area contributed by atoms with Crippen LogP contribution in [0.2, 0.25) is 0 Å². The van der Waals surface area contributed by atoms with E-state index in [2.05, 4.69) is 29.3 Å². The van der Waals surface area contributed by atoms with Crippen molar-refractivity contribution < 1.29 is 8.78 Å². The van der Waals surface area contributed by atoms with Gasteiger partial charge in [0.2, 0.25) is 0 Å². The van der Waals surface area contributed by atoms with Crippen molar-refractivity contribution >= 4 is 45.7 Å². The zero-order valence-corrected chi connectivity index (χ0v) is 16.2. The minimum Gasteiger partial charge on any atom is -0.204 e. The first-order valence-corrected chi connectivity index (χ1v) is 10.4. The first-order valence-electron chi connectivity index (χ1n) is 8.40. The van der Waals surface area contributed by atoms with Crippen molar-refractivity contribution in [3.8, 4) is 20.2 Å². The molecule has 1 aliphatic rings. The summed E-state index contributed by atoms with van der Waals surface area (Å²) in [4.78, 5) is 8.02. The van der Waals surface area contributed by atoms with E-state index in [1.165, 1.54) is 58.9 Å². The van der Waals surface area contributed by atoms with Crippen molar-refractivity contribution in [1.29, 1.82) is 0 Å². The fourth-order valence-corrected chi connectivity index (χ4v) is 5.38. The standard InChI is InChI=1S/C20H15F2NS3/c21-15-9-13(10-16(22)20(15)23-11-24)17-6-7-19(26-17)18-5-4-14(25-18)8-12-2-1-3-12/h4-7,9-10,12H,1-3,8H2. The van der Waals surface area contributed by atoms with E-state index < -0.39 is 11.6 Å². The molecule has 2 aromatic heterocycles. The number of nitrogens with zero attached hydrogens (tertiary/aromatic N) is 1. The van der Waals surface area contributed by atoms with Gasteiger partial charge < -0.3 is 0 Å². The van der Waals surface area contributed by atoms with Gasteiger partial charge in [0, 0.05) is 19.5 Å². The topological polar surface area (TPSA) is 12.4 Å². The van der Waals surface area contributed by atoms with Crippen LogP contribution in [0, 0.1) is 17.6 Å². The highest BCUT2D eigenvalue weighted by Crippen LogP contribution is 2.40. The first kappa shape index (κ1) is 17.7. The molecule has 1 aliphatic carbocycles. The lowest BCUT2D eigenvalue weighted by Gasteiger charge is -2.24. The van der Waals surface area contributed by atoms with E-state index in [0.717, 1.165) is 15.7 Å². The quantitative estimate of drug-likeness (QED) is 0.317. The molecule has 0 radical (unpaired) electrons. The fraction of sp³-hybridized carbons (Fsp3) is 0.250. The van der Waals surface area contributed by atoms with Gasteiger partial charge in [-0.05, 0) is 66.5 Å². The summed E-state index contributed by atoms with van der Waals surface area (Å²) in [5, 5.41) is 2.01. The predicted molar refractivity (Wildman–Crippen MR) is 109 cm³/mol. The molecule has 3 aromatic rings. The van der Waals surface area contributed by atoms with E-state index in [1.807, 2.05) is 28.6 Å². The maximum absolute atomic E-state index is 14.1. The molecular weight excluding hydrogens is 388 g/mol. The number of rotatable bonds is 5. The Labute approximate surface area is 164 Å². The Morgan fingerprint density at radius 2 is 1.65 bits per heavy atom. The van der Waals surface area contributed by atoms with E-state index in [0.29, 0.717) is 5.56 Å². The number of hydrogen-bond donors (Lipinski definition) is 0. The van der Waals surface area contributed by atoms with Crippen molar-refractivity contribution in [3.05, 3.63) is 52.9 Å². The average molecular weight is 404 g/mol. The number of benzene rings is 1. The highest BCUT2D eigenvalue weighted by Gasteiger charge is 2.19. The molecule has 1 fully saturated rings. The summed E-state index contributed by atoms with van der Waals surface area (Å²) in [5.41, 5.74) is 0.116. The second-order valence-electron chi connectivity index (χ2n) is 6.42. The van der Waals surface area contributed by atoms with Gasteiger partial charge >= 0.3 is 0 Å². The number of thiophene rings is 2. The summed E-state index contributed by atoms with van der Waals surface area (Å²) in [6.45, 7) is 0. The lowest BCUT2D eigenvalue weighted by Crippen LogP contribution is -2.12. The smallest absolute Gasteiger partial charge is 0.153 e. The van der Waals surface area contributed by atoms with Crippen LogP contribution < -0.4 is 0 Å². The van der Waals surface area contributed by atoms with Crippen LogP contribution in [0.4, 0.5) is 14.5 Å². The molecule has 0 N–H and O–H groups in total. The first-order chi connectivity index (χ1) is 12.6. The molecule has 4 rings (SSSR count). The number of thiocarbonyl (C=S) groups is 1. The Balaban J connectivity index is 1.59. The number of isothiocyanates is 1. The summed E-state index contributed by atoms with van der Waals surface area (Å²) >= 11 is 7.78. The molecule has 0 unspecified atom stereocenters. The van der Waals surface area contributed by atoms with Gasteiger partial charge in [-0.25, -0.2) is 8.78 Å². The van der Waals surface area contributed by atoms with E-state index in [-0.39, 0.29) is 5.69 Å². The van der Waals surface area contributed by atoms with Gasteiger partial charge in [0.05, 0.1) is 5.16 Å². The molecule has 0 amide bonds. The number of aliphatic imine (C=N–C) groups is 1. The second kappa shape index (κ2) is 7.49. The maximum atomic E-state index is 14.1. The molecule has 0 saturated heterocycles. The zero-order chi connectivity index (χ0) is 18.1. The number of halogens is 2. The van der Waals surface area contributed by atoms with Crippen LogP contribution in [-0.4, -0.2) is 5.16 Å². The van der Waals surface area contributed by atoms with Gasteiger partial charge in [0.25, 0.3) is 0 Å². The summed E-state index contributed by atoms with van der Waals surface area (Å²) in [6, 6.07) is 10.8. The third-order valence-corrected chi connectivity index (χ3v) is 7.21. The summed E-state index contributed by atoms with van der Waals surface area (Å²) < 4.78 is 28.1. The zero-order valence-electron chi connectivity index (χ0n) is 13.8. The van der Waals surface area contributed by atoms with Crippen molar-refractivity contribution in [1.82, 2.24) is 0 Å². The molecular formula is C20H15F2NS3. The van der Waals surface area contributed by atoms with E-state index in [9.17, 15) is 8.78 Å². The SMILES string of the molecule is Fc1cc(-c2ccc(-c3ccc(CC4CCC4)s3)s2)cc(F)c1N=C=S. The second-order valence-corrected chi connectivity index (χ2v) is 8.86. The van der Waals surface area contributed by atoms with E-state index in [4.69, 9.17) is 0 Å². The fourth-order valence-electron chi connectivity index (χ4n) is 3.09. The van der Waals surface area contributed by atoms with Gasteiger partial charge in [0.15, 0.2) is 11.6 Å². The lowest BCUT2D eigenvalue weighted by molar-refractivity contribution is 0.316. The molecule has 0 atom stereocenters. The van der Waals surface area contributed by atoms with Crippen LogP contribution in [0.1, 0.15) is 24.1 Å². The molecule has 132 valence electrons. The summed E-state index contributed by atoms with van der Waals surface area (Å²) in [7, 11) is 0. The monoisotopic (exact) mass is 403 g/mol. The van der Waals surface area contributed by atoms with E-state index >= 15 is 0 Å². The largest absolute Gasteiger partial charge is 0.204 e. The van der Waals surface area contributed by atoms with Crippen LogP contribution in [-0.2, 0) is 6.42 Å². The Morgan fingerprint density at radius 1 is 1.00 bits per heavy atom. The van der Waals surface area contributed by atoms with Gasteiger partial charge in [-0.1, -0.05) is 19.3 Å². The maximum Gasteiger partial charge on any atom is 0.153 e. The van der Waals surface area contributed by atoms with Gasteiger partial charge in [-0.3, -0.25) is 0 Å². The Hall–Kier alpha value is -1.72. The molecule has 26 heavy (non-hydrogen) atoms. The number of hydrogen-bond acceptors (Lipinski definition) is 4. The highest BCUT2D eigenvalue weighted by atomic mass is 32.1. The molecule has 0 spiro atoms. The molecule has 2 heterocycles. The van der Waals surface area contributed by atoms with Crippen LogP contribution in [0.5, 0.6) is 0 Å². The predicted octanol–water partition coefficient (Wildman–Crippen LogP) is 7.50.